The Labute approximate surface area is 176 Å². The second kappa shape index (κ2) is 8.17. The van der Waals surface area contributed by atoms with E-state index in [4.69, 9.17) is 9.47 Å². The molecule has 2 aliphatic heterocycles. The van der Waals surface area contributed by atoms with Crippen molar-refractivity contribution in [2.24, 2.45) is 5.92 Å². The molecule has 1 amide bonds. The molecule has 30 heavy (non-hydrogen) atoms. The average Bonchev–Trinajstić information content (AvgIpc) is 3.36. The molecule has 0 N–H and O–H groups in total. The molecular formula is C20H23N3O6S. The van der Waals surface area contributed by atoms with Crippen LogP contribution >= 0.6 is 11.3 Å². The van der Waals surface area contributed by atoms with Crippen LogP contribution < -0.4 is 5.56 Å². The third kappa shape index (κ3) is 3.60. The molecule has 10 heteroatoms. The number of hydrogen-bond donors (Lipinski definition) is 0. The first kappa shape index (κ1) is 20.5. The first-order valence-corrected chi connectivity index (χ1v) is 10.8. The van der Waals surface area contributed by atoms with Gasteiger partial charge in [0.05, 0.1) is 18.4 Å². The Balaban J connectivity index is 1.41. The van der Waals surface area contributed by atoms with Crippen molar-refractivity contribution in [1.82, 2.24) is 14.5 Å². The number of hydrogen-bond acceptors (Lipinski definition) is 8. The number of nitrogens with zero attached hydrogens (tertiary/aromatic N) is 3. The molecular weight excluding hydrogens is 410 g/mol. The SMILES string of the molecule is COC(=O)C1CCN(C(=O)COC(=O)c2sc3nc4n(c(=O)c3c2C)CCC4)CC1. The molecule has 1 fully saturated rings. The van der Waals surface area contributed by atoms with Gasteiger partial charge >= 0.3 is 11.9 Å². The van der Waals surface area contributed by atoms with Gasteiger partial charge in [-0.05, 0) is 31.7 Å². The van der Waals surface area contributed by atoms with Crippen molar-refractivity contribution >= 4 is 39.4 Å². The van der Waals surface area contributed by atoms with Crippen LogP contribution in [0.4, 0.5) is 0 Å². The summed E-state index contributed by atoms with van der Waals surface area (Å²) in [6.07, 6.45) is 2.71. The van der Waals surface area contributed by atoms with Gasteiger partial charge in [0.15, 0.2) is 6.61 Å². The zero-order valence-corrected chi connectivity index (χ0v) is 17.8. The number of methoxy groups -OCH3 is 1. The lowest BCUT2D eigenvalue weighted by Crippen LogP contribution is -2.42. The smallest absolute Gasteiger partial charge is 0.349 e. The zero-order valence-electron chi connectivity index (χ0n) is 16.9. The maximum atomic E-state index is 12.7. The molecule has 4 heterocycles. The van der Waals surface area contributed by atoms with Crippen molar-refractivity contribution in [2.45, 2.75) is 39.2 Å². The summed E-state index contributed by atoms with van der Waals surface area (Å²) in [5.41, 5.74) is 0.427. The minimum atomic E-state index is -0.627. The van der Waals surface area contributed by atoms with Crippen molar-refractivity contribution in [3.05, 3.63) is 26.6 Å². The van der Waals surface area contributed by atoms with Gasteiger partial charge in [0, 0.05) is 26.1 Å². The van der Waals surface area contributed by atoms with Crippen LogP contribution in [-0.2, 0) is 32.0 Å². The Hall–Kier alpha value is -2.75. The lowest BCUT2D eigenvalue weighted by molar-refractivity contribution is -0.149. The largest absolute Gasteiger partial charge is 0.469 e. The highest BCUT2D eigenvalue weighted by Gasteiger charge is 2.29. The minimum Gasteiger partial charge on any atom is -0.469 e. The Bertz CT molecular complexity index is 1080. The van der Waals surface area contributed by atoms with E-state index in [1.54, 1.807) is 16.4 Å². The first-order chi connectivity index (χ1) is 14.4. The molecule has 0 aliphatic carbocycles. The van der Waals surface area contributed by atoms with Crippen molar-refractivity contribution in [1.29, 1.82) is 0 Å². The van der Waals surface area contributed by atoms with Gasteiger partial charge in [-0.15, -0.1) is 11.3 Å². The highest BCUT2D eigenvalue weighted by Crippen LogP contribution is 2.29. The fraction of sp³-hybridized carbons (Fsp3) is 0.550. The highest BCUT2D eigenvalue weighted by atomic mass is 32.1. The Morgan fingerprint density at radius 3 is 2.63 bits per heavy atom. The zero-order chi connectivity index (χ0) is 21.4. The van der Waals surface area contributed by atoms with E-state index >= 15 is 0 Å². The van der Waals surface area contributed by atoms with Gasteiger partial charge in [0.2, 0.25) is 0 Å². The molecule has 2 aromatic rings. The number of piperidine rings is 1. The number of thiophene rings is 1. The molecule has 0 bridgehead atoms. The van der Waals surface area contributed by atoms with Crippen molar-refractivity contribution in [3.63, 3.8) is 0 Å². The number of amides is 1. The predicted molar refractivity (Wildman–Crippen MR) is 109 cm³/mol. The van der Waals surface area contributed by atoms with Crippen LogP contribution in [0.1, 0.15) is 40.3 Å². The molecule has 0 radical (unpaired) electrons. The fourth-order valence-corrected chi connectivity index (χ4v) is 5.17. The predicted octanol–water partition coefficient (Wildman–Crippen LogP) is 1.28. The van der Waals surface area contributed by atoms with Crippen molar-refractivity contribution in [3.8, 4) is 0 Å². The van der Waals surface area contributed by atoms with Crippen LogP contribution in [-0.4, -0.2) is 59.1 Å². The average molecular weight is 433 g/mol. The van der Waals surface area contributed by atoms with E-state index in [0.717, 1.165) is 30.0 Å². The highest BCUT2D eigenvalue weighted by molar-refractivity contribution is 7.20. The number of likely N-dealkylation sites (tertiary alicyclic amines) is 1. The standard InChI is InChI=1S/C20H23N3O6S/c1-11-15-17(21-13-4-3-7-23(13)18(15)25)30-16(11)20(27)29-10-14(24)22-8-5-12(6-9-22)19(26)28-2/h12H,3-10H2,1-2H3. The summed E-state index contributed by atoms with van der Waals surface area (Å²) in [5.74, 6) is -0.639. The molecule has 0 saturated carbocycles. The Morgan fingerprint density at radius 2 is 1.93 bits per heavy atom. The number of ether oxygens (including phenoxy) is 2. The Kier molecular flexibility index (Phi) is 5.59. The minimum absolute atomic E-state index is 0.121. The second-order valence-electron chi connectivity index (χ2n) is 7.58. The summed E-state index contributed by atoms with van der Waals surface area (Å²) in [6.45, 7) is 2.82. The molecule has 2 aliphatic rings. The summed E-state index contributed by atoms with van der Waals surface area (Å²) in [7, 11) is 1.35. The van der Waals surface area contributed by atoms with E-state index in [0.29, 0.717) is 53.1 Å². The van der Waals surface area contributed by atoms with E-state index in [9.17, 15) is 19.2 Å². The van der Waals surface area contributed by atoms with Crippen LogP contribution in [0.25, 0.3) is 10.2 Å². The third-order valence-electron chi connectivity index (χ3n) is 5.81. The van der Waals surface area contributed by atoms with Gasteiger partial charge in [-0.25, -0.2) is 9.78 Å². The number of aromatic nitrogens is 2. The Morgan fingerprint density at radius 1 is 1.20 bits per heavy atom. The molecule has 160 valence electrons. The van der Waals surface area contributed by atoms with Crippen LogP contribution in [0.5, 0.6) is 0 Å². The van der Waals surface area contributed by atoms with Crippen molar-refractivity contribution in [2.75, 3.05) is 26.8 Å². The normalized spacial score (nSPS) is 16.5. The number of rotatable bonds is 4. The van der Waals surface area contributed by atoms with Gasteiger partial charge in [0.25, 0.3) is 11.5 Å². The van der Waals surface area contributed by atoms with E-state index in [-0.39, 0.29) is 30.0 Å². The third-order valence-corrected chi connectivity index (χ3v) is 6.97. The van der Waals surface area contributed by atoms with E-state index in [1.165, 1.54) is 7.11 Å². The van der Waals surface area contributed by atoms with Gasteiger partial charge in [0.1, 0.15) is 15.5 Å². The monoisotopic (exact) mass is 433 g/mol. The number of aryl methyl sites for hydroxylation is 2. The summed E-state index contributed by atoms with van der Waals surface area (Å²) in [6, 6.07) is 0. The van der Waals surface area contributed by atoms with Crippen LogP contribution in [0, 0.1) is 12.8 Å². The van der Waals surface area contributed by atoms with E-state index in [2.05, 4.69) is 4.98 Å². The van der Waals surface area contributed by atoms with Gasteiger partial charge < -0.3 is 14.4 Å². The number of esters is 2. The number of carbonyl (C=O) groups excluding carboxylic acids is 3. The summed E-state index contributed by atoms with van der Waals surface area (Å²) in [4.78, 5) is 56.3. The quantitative estimate of drug-likeness (QED) is 0.669. The summed E-state index contributed by atoms with van der Waals surface area (Å²) >= 11 is 1.13. The lowest BCUT2D eigenvalue weighted by atomic mass is 9.97. The molecule has 0 spiro atoms. The van der Waals surface area contributed by atoms with Gasteiger partial charge in [-0.2, -0.15) is 0 Å². The molecule has 2 aromatic heterocycles. The van der Waals surface area contributed by atoms with Crippen molar-refractivity contribution < 1.29 is 23.9 Å². The van der Waals surface area contributed by atoms with Gasteiger partial charge in [-0.3, -0.25) is 19.0 Å². The van der Waals surface area contributed by atoms with Crippen LogP contribution in [0.2, 0.25) is 0 Å². The number of fused-ring (bicyclic) bond motifs is 2. The van der Waals surface area contributed by atoms with E-state index < -0.39 is 5.97 Å². The van der Waals surface area contributed by atoms with Crippen LogP contribution in [0.15, 0.2) is 4.79 Å². The number of carbonyl (C=O) groups is 3. The summed E-state index contributed by atoms with van der Waals surface area (Å²) < 4.78 is 11.7. The summed E-state index contributed by atoms with van der Waals surface area (Å²) in [5, 5.41) is 0.453. The molecule has 0 atom stereocenters. The maximum absolute atomic E-state index is 12.7. The van der Waals surface area contributed by atoms with Gasteiger partial charge in [-0.1, -0.05) is 0 Å². The maximum Gasteiger partial charge on any atom is 0.349 e. The van der Waals surface area contributed by atoms with Crippen LogP contribution in [0.3, 0.4) is 0 Å². The second-order valence-corrected chi connectivity index (χ2v) is 8.58. The first-order valence-electron chi connectivity index (χ1n) is 9.96. The fourth-order valence-electron chi connectivity index (χ4n) is 4.09. The lowest BCUT2D eigenvalue weighted by Gasteiger charge is -2.30. The molecule has 1 saturated heterocycles. The molecule has 0 aromatic carbocycles. The molecule has 4 rings (SSSR count). The molecule has 0 unspecified atom stereocenters. The molecule has 9 nitrogen and oxygen atoms in total. The van der Waals surface area contributed by atoms with E-state index in [1.807, 2.05) is 0 Å². The topological polar surface area (TPSA) is 108 Å².